The molecular formula is C25H37N5O. The summed E-state index contributed by atoms with van der Waals surface area (Å²) < 4.78 is 0. The fourth-order valence-electron chi connectivity index (χ4n) is 5.27. The number of nitrogens with one attached hydrogen (secondary N) is 2. The maximum Gasteiger partial charge on any atom is 0.317 e. The molecule has 31 heavy (non-hydrogen) atoms. The van der Waals surface area contributed by atoms with Crippen molar-refractivity contribution in [1.82, 2.24) is 25.0 Å². The summed E-state index contributed by atoms with van der Waals surface area (Å²) in [6.45, 7) is 13.9. The molecule has 0 unspecified atom stereocenters. The molecule has 0 radical (unpaired) electrons. The predicted octanol–water partition coefficient (Wildman–Crippen LogP) is 3.68. The van der Waals surface area contributed by atoms with Crippen LogP contribution in [0.3, 0.4) is 0 Å². The Morgan fingerprint density at radius 2 is 1.90 bits per heavy atom. The van der Waals surface area contributed by atoms with E-state index in [1.807, 2.05) is 18.7 Å². The van der Waals surface area contributed by atoms with Crippen molar-refractivity contribution in [2.24, 2.45) is 0 Å². The number of hydrogen-bond donors (Lipinski definition) is 2. The van der Waals surface area contributed by atoms with Gasteiger partial charge in [0.15, 0.2) is 0 Å². The van der Waals surface area contributed by atoms with Crippen molar-refractivity contribution < 1.29 is 4.79 Å². The molecule has 1 aromatic carbocycles. The van der Waals surface area contributed by atoms with Gasteiger partial charge >= 0.3 is 6.03 Å². The Morgan fingerprint density at radius 1 is 1.16 bits per heavy atom. The fraction of sp³-hybridized carbons (Fsp3) is 0.560. The van der Waals surface area contributed by atoms with Gasteiger partial charge in [0.05, 0.1) is 6.04 Å². The number of nitrogens with zero attached hydrogens (tertiary/aromatic N) is 3. The molecule has 2 aliphatic rings. The second-order valence-corrected chi connectivity index (χ2v) is 8.78. The van der Waals surface area contributed by atoms with E-state index in [0.29, 0.717) is 6.04 Å². The van der Waals surface area contributed by atoms with Gasteiger partial charge in [0.25, 0.3) is 0 Å². The van der Waals surface area contributed by atoms with E-state index in [-0.39, 0.29) is 12.1 Å². The third-order valence-corrected chi connectivity index (χ3v) is 7.12. The Morgan fingerprint density at radius 3 is 2.58 bits per heavy atom. The number of carbonyl (C=O) groups is 1. The van der Waals surface area contributed by atoms with Crippen LogP contribution in [0.15, 0.2) is 24.3 Å². The average molecular weight is 424 g/mol. The van der Waals surface area contributed by atoms with Gasteiger partial charge in [-0.3, -0.25) is 9.80 Å². The minimum Gasteiger partial charge on any atom is -0.357 e. The summed E-state index contributed by atoms with van der Waals surface area (Å²) in [5, 5.41) is 4.61. The molecule has 2 aromatic rings. The second kappa shape index (κ2) is 9.05. The zero-order valence-corrected chi connectivity index (χ0v) is 19.7. The van der Waals surface area contributed by atoms with E-state index in [2.05, 4.69) is 65.3 Å². The minimum atomic E-state index is 0.0234. The number of aromatic amines is 1. The zero-order chi connectivity index (χ0) is 22.1. The first-order chi connectivity index (χ1) is 15.0. The van der Waals surface area contributed by atoms with Gasteiger partial charge in [-0.25, -0.2) is 4.79 Å². The number of benzene rings is 1. The molecule has 2 atom stereocenters. The highest BCUT2D eigenvalue weighted by Gasteiger charge is 2.35. The first-order valence-corrected chi connectivity index (χ1v) is 11.8. The molecule has 2 heterocycles. The van der Waals surface area contributed by atoms with Crippen LogP contribution in [0.2, 0.25) is 0 Å². The Labute approximate surface area is 186 Å². The van der Waals surface area contributed by atoms with Crippen LogP contribution in [0.5, 0.6) is 0 Å². The number of amides is 2. The zero-order valence-electron chi connectivity index (χ0n) is 19.7. The van der Waals surface area contributed by atoms with Crippen LogP contribution in [0.1, 0.15) is 44.5 Å². The number of rotatable bonds is 7. The van der Waals surface area contributed by atoms with Crippen molar-refractivity contribution in [3.8, 4) is 0 Å². The summed E-state index contributed by atoms with van der Waals surface area (Å²) in [6.07, 6.45) is 3.33. The lowest BCUT2D eigenvalue weighted by Gasteiger charge is -2.40. The van der Waals surface area contributed by atoms with Crippen LogP contribution >= 0.6 is 0 Å². The van der Waals surface area contributed by atoms with Crippen molar-refractivity contribution >= 4 is 22.5 Å². The van der Waals surface area contributed by atoms with E-state index in [1.54, 1.807) is 0 Å². The monoisotopic (exact) mass is 423 g/mol. The highest BCUT2D eigenvalue weighted by Crippen LogP contribution is 2.41. The highest BCUT2D eigenvalue weighted by atomic mass is 16.2. The first-order valence-electron chi connectivity index (χ1n) is 11.8. The van der Waals surface area contributed by atoms with E-state index in [4.69, 9.17) is 0 Å². The third kappa shape index (κ3) is 3.99. The maximum atomic E-state index is 12.6. The number of fused-ring (bicyclic) bond motifs is 2. The SMILES string of the molecule is CCN(CC)Cc1[nH]c2cccc3c2c1C[C@@H]1C3=C[C@H](NC(=O)N(CC)CC)CN1C. The number of carbonyl (C=O) groups excluding carboxylic acids is 1. The molecule has 168 valence electrons. The number of hydrogen-bond acceptors (Lipinski definition) is 3. The van der Waals surface area contributed by atoms with Crippen LogP contribution in [0, 0.1) is 0 Å². The Bertz CT molecular complexity index is 970. The molecule has 0 spiro atoms. The lowest BCUT2D eigenvalue weighted by Crippen LogP contribution is -2.52. The van der Waals surface area contributed by atoms with E-state index >= 15 is 0 Å². The van der Waals surface area contributed by atoms with Crippen LogP contribution < -0.4 is 5.32 Å². The second-order valence-electron chi connectivity index (χ2n) is 8.78. The van der Waals surface area contributed by atoms with E-state index in [0.717, 1.165) is 45.7 Å². The summed E-state index contributed by atoms with van der Waals surface area (Å²) >= 11 is 0. The average Bonchev–Trinajstić information content (AvgIpc) is 3.12. The largest absolute Gasteiger partial charge is 0.357 e. The minimum absolute atomic E-state index is 0.0234. The van der Waals surface area contributed by atoms with Gasteiger partial charge in [-0.2, -0.15) is 0 Å². The van der Waals surface area contributed by atoms with Gasteiger partial charge in [0.1, 0.15) is 0 Å². The van der Waals surface area contributed by atoms with Gasteiger partial charge in [-0.1, -0.05) is 32.1 Å². The van der Waals surface area contributed by atoms with Crippen LogP contribution in [0.25, 0.3) is 16.5 Å². The molecule has 1 aliphatic heterocycles. The molecule has 6 nitrogen and oxygen atoms in total. The number of H-pyrrole nitrogens is 1. The third-order valence-electron chi connectivity index (χ3n) is 7.12. The van der Waals surface area contributed by atoms with Gasteiger partial charge < -0.3 is 15.2 Å². The Hall–Kier alpha value is -2.31. The quantitative estimate of drug-likeness (QED) is 0.714. The lowest BCUT2D eigenvalue weighted by molar-refractivity contribution is 0.193. The van der Waals surface area contributed by atoms with Crippen molar-refractivity contribution in [3.63, 3.8) is 0 Å². The van der Waals surface area contributed by atoms with Crippen LogP contribution in [0.4, 0.5) is 4.79 Å². The standard InChI is InChI=1S/C25H37N5O/c1-6-29(7-2)16-22-20-14-23-19(18-11-10-12-21(27-22)24(18)20)13-17(15-28(23)5)26-25(31)30(8-3)9-4/h10-13,17,23,27H,6-9,14-16H2,1-5H3,(H,26,31)/t17-,23+/m0/s1. The highest BCUT2D eigenvalue weighted by molar-refractivity contribution is 5.99. The molecule has 2 amide bonds. The van der Waals surface area contributed by atoms with Gasteiger partial charge in [-0.05, 0) is 63.2 Å². The first kappa shape index (κ1) is 21.9. The van der Waals surface area contributed by atoms with Crippen LogP contribution in [-0.2, 0) is 13.0 Å². The Balaban J connectivity index is 1.71. The van der Waals surface area contributed by atoms with Gasteiger partial charge in [0.2, 0.25) is 0 Å². The van der Waals surface area contributed by atoms with E-state index in [1.165, 1.54) is 33.3 Å². The summed E-state index contributed by atoms with van der Waals surface area (Å²) in [5.41, 5.74) is 6.73. The molecule has 0 fully saturated rings. The molecule has 4 rings (SSSR count). The number of likely N-dealkylation sites (N-methyl/N-ethyl adjacent to an activating group) is 1. The summed E-state index contributed by atoms with van der Waals surface area (Å²) in [6, 6.07) is 7.00. The smallest absolute Gasteiger partial charge is 0.317 e. The molecule has 1 aliphatic carbocycles. The summed E-state index contributed by atoms with van der Waals surface area (Å²) in [5.74, 6) is 0. The number of urea groups is 1. The molecule has 6 heteroatoms. The molecule has 2 N–H and O–H groups in total. The van der Waals surface area contributed by atoms with Crippen molar-refractivity contribution in [3.05, 3.63) is 41.1 Å². The fourth-order valence-corrected chi connectivity index (χ4v) is 5.27. The maximum absolute atomic E-state index is 12.6. The van der Waals surface area contributed by atoms with Crippen molar-refractivity contribution in [2.45, 2.75) is 52.7 Å². The van der Waals surface area contributed by atoms with E-state index in [9.17, 15) is 4.79 Å². The molecule has 0 saturated heterocycles. The molecule has 0 saturated carbocycles. The van der Waals surface area contributed by atoms with Gasteiger partial charge in [-0.15, -0.1) is 0 Å². The number of aromatic nitrogens is 1. The summed E-state index contributed by atoms with van der Waals surface area (Å²) in [7, 11) is 2.19. The van der Waals surface area contributed by atoms with Crippen molar-refractivity contribution in [1.29, 1.82) is 0 Å². The van der Waals surface area contributed by atoms with Crippen LogP contribution in [-0.4, -0.2) is 77.6 Å². The summed E-state index contributed by atoms with van der Waals surface area (Å²) in [4.78, 5) is 23.1. The predicted molar refractivity (Wildman–Crippen MR) is 128 cm³/mol. The molecular weight excluding hydrogens is 386 g/mol. The van der Waals surface area contributed by atoms with Gasteiger partial charge in [0, 0.05) is 48.8 Å². The topological polar surface area (TPSA) is 54.6 Å². The Kier molecular flexibility index (Phi) is 6.39. The lowest BCUT2D eigenvalue weighted by atomic mass is 9.80. The normalized spacial score (nSPS) is 20.6. The van der Waals surface area contributed by atoms with Crippen molar-refractivity contribution in [2.75, 3.05) is 39.8 Å². The molecule has 1 aromatic heterocycles. The van der Waals surface area contributed by atoms with E-state index < -0.39 is 0 Å². The molecule has 0 bridgehead atoms.